The van der Waals surface area contributed by atoms with Crippen LogP contribution in [0.3, 0.4) is 0 Å². The topological polar surface area (TPSA) is 55.6 Å². The van der Waals surface area contributed by atoms with Crippen LogP contribution in [0.2, 0.25) is 0 Å². The van der Waals surface area contributed by atoms with Crippen LogP contribution < -0.4 is 5.32 Å². The van der Waals surface area contributed by atoms with E-state index in [0.717, 1.165) is 0 Å². The van der Waals surface area contributed by atoms with Gasteiger partial charge in [-0.15, -0.1) is 0 Å². The number of anilines is 1. The van der Waals surface area contributed by atoms with Crippen LogP contribution in [0.1, 0.15) is 5.82 Å². The third-order valence-electron chi connectivity index (χ3n) is 2.13. The van der Waals surface area contributed by atoms with Gasteiger partial charge in [-0.05, 0) is 6.92 Å². The predicted octanol–water partition coefficient (Wildman–Crippen LogP) is 1.35. The fraction of sp³-hybridized carbons (Fsp3) is 0.444. The molecule has 0 saturated carbocycles. The molecule has 0 aromatic carbocycles. The number of fused-ring (bicyclic) bond motifs is 1. The molecular formula is C9H11F2N5. The zero-order valence-corrected chi connectivity index (χ0v) is 8.91. The number of halogens is 2. The number of hydrogen-bond acceptors (Lipinski definition) is 4. The molecule has 7 heteroatoms. The lowest BCUT2D eigenvalue weighted by atomic mass is 10.4. The Morgan fingerprint density at radius 1 is 1.44 bits per heavy atom. The number of nitrogens with zero attached hydrogens (tertiary/aromatic N) is 4. The highest BCUT2D eigenvalue weighted by molar-refractivity contribution is 5.86. The number of nitrogens with one attached hydrogen (secondary N) is 1. The Kier molecular flexibility index (Phi) is 2.67. The van der Waals surface area contributed by atoms with E-state index in [1.54, 1.807) is 24.9 Å². The molecule has 86 valence electrons. The van der Waals surface area contributed by atoms with E-state index in [0.29, 0.717) is 22.7 Å². The average Bonchev–Trinajstić information content (AvgIpc) is 2.57. The van der Waals surface area contributed by atoms with E-state index >= 15 is 0 Å². The molecule has 1 N–H and O–H groups in total. The average molecular weight is 227 g/mol. The van der Waals surface area contributed by atoms with Crippen molar-refractivity contribution < 1.29 is 8.78 Å². The highest BCUT2D eigenvalue weighted by atomic mass is 19.3. The van der Waals surface area contributed by atoms with Crippen molar-refractivity contribution in [2.24, 2.45) is 7.05 Å². The molecule has 0 radical (unpaired) electrons. The lowest BCUT2D eigenvalue weighted by molar-refractivity contribution is 0.163. The Morgan fingerprint density at radius 3 is 2.88 bits per heavy atom. The van der Waals surface area contributed by atoms with Gasteiger partial charge in [0.25, 0.3) is 6.43 Å². The van der Waals surface area contributed by atoms with E-state index < -0.39 is 13.0 Å². The first kappa shape index (κ1) is 10.7. The molecule has 0 fully saturated rings. The minimum atomic E-state index is -2.41. The molecule has 0 bridgehead atoms. The summed E-state index contributed by atoms with van der Waals surface area (Å²) >= 11 is 0. The highest BCUT2D eigenvalue weighted by Crippen LogP contribution is 2.19. The molecule has 0 spiro atoms. The fourth-order valence-electron chi connectivity index (χ4n) is 1.44. The largest absolute Gasteiger partial charge is 0.364 e. The van der Waals surface area contributed by atoms with Crippen LogP contribution in [0.4, 0.5) is 14.6 Å². The van der Waals surface area contributed by atoms with Crippen LogP contribution in [-0.4, -0.2) is 32.7 Å². The molecule has 0 aliphatic rings. The van der Waals surface area contributed by atoms with E-state index in [1.807, 2.05) is 0 Å². The van der Waals surface area contributed by atoms with Crippen molar-refractivity contribution in [1.29, 1.82) is 0 Å². The van der Waals surface area contributed by atoms with Gasteiger partial charge in [-0.25, -0.2) is 18.7 Å². The van der Waals surface area contributed by atoms with Gasteiger partial charge < -0.3 is 5.32 Å². The Hall–Kier alpha value is -1.79. The van der Waals surface area contributed by atoms with E-state index in [4.69, 9.17) is 0 Å². The van der Waals surface area contributed by atoms with Gasteiger partial charge in [0.2, 0.25) is 0 Å². The number of aromatic nitrogens is 4. The van der Waals surface area contributed by atoms with Gasteiger partial charge in [0, 0.05) is 7.05 Å². The number of alkyl halides is 2. The van der Waals surface area contributed by atoms with E-state index in [9.17, 15) is 8.78 Å². The Balaban J connectivity index is 2.43. The SMILES string of the molecule is Cc1nc(NCC(F)F)c2cnn(C)c2n1. The van der Waals surface area contributed by atoms with Gasteiger partial charge in [0.15, 0.2) is 5.65 Å². The van der Waals surface area contributed by atoms with Crippen molar-refractivity contribution in [3.63, 3.8) is 0 Å². The maximum absolute atomic E-state index is 12.1. The van der Waals surface area contributed by atoms with Gasteiger partial charge in [-0.1, -0.05) is 0 Å². The first-order valence-corrected chi connectivity index (χ1v) is 4.76. The van der Waals surface area contributed by atoms with Crippen LogP contribution in [0.5, 0.6) is 0 Å². The van der Waals surface area contributed by atoms with Gasteiger partial charge in [-0.2, -0.15) is 5.10 Å². The second-order valence-electron chi connectivity index (χ2n) is 3.40. The number of hydrogen-bond donors (Lipinski definition) is 1. The minimum Gasteiger partial charge on any atom is -0.364 e. The lowest BCUT2D eigenvalue weighted by Gasteiger charge is -2.06. The second-order valence-corrected chi connectivity index (χ2v) is 3.40. The lowest BCUT2D eigenvalue weighted by Crippen LogP contribution is -2.12. The smallest absolute Gasteiger partial charge is 0.255 e. The Labute approximate surface area is 90.5 Å². The summed E-state index contributed by atoms with van der Waals surface area (Å²) in [4.78, 5) is 8.26. The molecule has 0 amide bonds. The van der Waals surface area contributed by atoms with Crippen molar-refractivity contribution in [3.05, 3.63) is 12.0 Å². The summed E-state index contributed by atoms with van der Waals surface area (Å²) in [5.41, 5.74) is 0.629. The van der Waals surface area contributed by atoms with Crippen LogP contribution in [0.15, 0.2) is 6.20 Å². The summed E-state index contributed by atoms with van der Waals surface area (Å²) in [6.07, 6.45) is -0.857. The molecule has 0 aliphatic carbocycles. The molecule has 5 nitrogen and oxygen atoms in total. The zero-order valence-electron chi connectivity index (χ0n) is 8.91. The summed E-state index contributed by atoms with van der Waals surface area (Å²) < 4.78 is 25.8. The Bertz CT molecular complexity index is 508. The van der Waals surface area contributed by atoms with Gasteiger partial charge in [0.1, 0.15) is 11.6 Å². The quantitative estimate of drug-likeness (QED) is 0.859. The van der Waals surface area contributed by atoms with E-state index in [1.165, 1.54) is 0 Å². The second kappa shape index (κ2) is 3.99. The third-order valence-corrected chi connectivity index (χ3v) is 2.13. The standard InChI is InChI=1S/C9H11F2N5/c1-5-14-8(12-4-7(10)11)6-3-13-16(2)9(6)15-5/h3,7H,4H2,1-2H3,(H,12,14,15). The maximum atomic E-state index is 12.1. The van der Waals surface area contributed by atoms with Gasteiger partial charge >= 0.3 is 0 Å². The van der Waals surface area contributed by atoms with Crippen molar-refractivity contribution in [2.75, 3.05) is 11.9 Å². The molecular weight excluding hydrogens is 216 g/mol. The van der Waals surface area contributed by atoms with Crippen LogP contribution in [0.25, 0.3) is 11.0 Å². The highest BCUT2D eigenvalue weighted by Gasteiger charge is 2.11. The molecule has 16 heavy (non-hydrogen) atoms. The molecule has 2 aromatic rings. The molecule has 2 aromatic heterocycles. The normalized spacial score (nSPS) is 11.3. The van der Waals surface area contributed by atoms with Crippen LogP contribution >= 0.6 is 0 Å². The van der Waals surface area contributed by atoms with Gasteiger partial charge in [-0.3, -0.25) is 4.68 Å². The first-order valence-electron chi connectivity index (χ1n) is 4.76. The van der Waals surface area contributed by atoms with Crippen LogP contribution in [-0.2, 0) is 7.05 Å². The summed E-state index contributed by atoms with van der Waals surface area (Å²) in [5.74, 6) is 0.920. The Morgan fingerprint density at radius 2 is 2.19 bits per heavy atom. The van der Waals surface area contributed by atoms with Crippen molar-refractivity contribution >= 4 is 16.9 Å². The number of rotatable bonds is 3. The third kappa shape index (κ3) is 1.93. The monoisotopic (exact) mass is 227 g/mol. The van der Waals surface area contributed by atoms with Crippen LogP contribution in [0, 0.1) is 6.92 Å². The summed E-state index contributed by atoms with van der Waals surface area (Å²) in [6.45, 7) is 1.28. The number of aryl methyl sites for hydroxylation is 2. The molecule has 0 saturated heterocycles. The maximum Gasteiger partial charge on any atom is 0.255 e. The minimum absolute atomic E-state index is 0.399. The van der Waals surface area contributed by atoms with Crippen molar-refractivity contribution in [3.8, 4) is 0 Å². The van der Waals surface area contributed by atoms with Gasteiger partial charge in [0.05, 0.1) is 18.1 Å². The molecule has 2 rings (SSSR count). The van der Waals surface area contributed by atoms with E-state index in [-0.39, 0.29) is 0 Å². The summed E-state index contributed by atoms with van der Waals surface area (Å²) in [5, 5.41) is 7.25. The molecule has 2 heterocycles. The molecule has 0 unspecified atom stereocenters. The van der Waals surface area contributed by atoms with Crippen molar-refractivity contribution in [2.45, 2.75) is 13.3 Å². The fourth-order valence-corrected chi connectivity index (χ4v) is 1.44. The zero-order chi connectivity index (χ0) is 11.7. The summed E-state index contributed by atoms with van der Waals surface area (Å²) in [7, 11) is 1.74. The predicted molar refractivity (Wildman–Crippen MR) is 55.5 cm³/mol. The van der Waals surface area contributed by atoms with Crippen molar-refractivity contribution in [1.82, 2.24) is 19.7 Å². The molecule has 0 aliphatic heterocycles. The summed E-state index contributed by atoms with van der Waals surface area (Å²) in [6, 6.07) is 0. The van der Waals surface area contributed by atoms with E-state index in [2.05, 4.69) is 20.4 Å². The first-order chi connectivity index (χ1) is 7.58. The molecule has 0 atom stereocenters.